The summed E-state index contributed by atoms with van der Waals surface area (Å²) in [5.41, 5.74) is 0.705. The highest BCUT2D eigenvalue weighted by molar-refractivity contribution is 8.13. The Hall–Kier alpha value is -0.290. The first-order valence-corrected chi connectivity index (χ1v) is 6.36. The Labute approximate surface area is 92.0 Å². The third-order valence-electron chi connectivity index (χ3n) is 1.57. The van der Waals surface area contributed by atoms with Crippen molar-refractivity contribution < 1.29 is 13.2 Å². The lowest BCUT2D eigenvalue weighted by molar-refractivity contribution is 0.184. The van der Waals surface area contributed by atoms with Gasteiger partial charge in [-0.15, -0.1) is 0 Å². The number of methoxy groups -OCH3 is 1. The molecule has 1 rings (SSSR count). The zero-order valence-electron chi connectivity index (χ0n) is 7.33. The van der Waals surface area contributed by atoms with E-state index in [4.69, 9.17) is 27.0 Å². The monoisotopic (exact) mass is 254 g/mol. The molecule has 0 N–H and O–H groups in total. The maximum Gasteiger partial charge on any atom is 0.262 e. The fourth-order valence-corrected chi connectivity index (χ4v) is 2.51. The third-order valence-corrected chi connectivity index (χ3v) is 3.37. The third kappa shape index (κ3) is 2.85. The Morgan fingerprint density at radius 1 is 1.43 bits per heavy atom. The zero-order valence-corrected chi connectivity index (χ0v) is 9.66. The van der Waals surface area contributed by atoms with Gasteiger partial charge in [-0.25, -0.2) is 8.42 Å². The minimum atomic E-state index is -3.79. The molecule has 0 atom stereocenters. The summed E-state index contributed by atoms with van der Waals surface area (Å²) in [5.74, 6) is 0. The molecule has 0 heterocycles. The smallest absolute Gasteiger partial charge is 0.262 e. The maximum atomic E-state index is 11.1. The summed E-state index contributed by atoms with van der Waals surface area (Å²) in [4.78, 5) is -0.0876. The second-order valence-electron chi connectivity index (χ2n) is 2.64. The van der Waals surface area contributed by atoms with Crippen molar-refractivity contribution >= 4 is 31.3 Å². The van der Waals surface area contributed by atoms with E-state index in [1.807, 2.05) is 0 Å². The van der Waals surface area contributed by atoms with Crippen LogP contribution in [0.2, 0.25) is 5.02 Å². The lowest BCUT2D eigenvalue weighted by atomic mass is 10.2. The molecular formula is C8H8Cl2O3S. The number of hydrogen-bond acceptors (Lipinski definition) is 3. The number of ether oxygens (including phenoxy) is 1. The van der Waals surface area contributed by atoms with Crippen molar-refractivity contribution in [2.24, 2.45) is 0 Å². The molecule has 0 saturated heterocycles. The second kappa shape index (κ2) is 4.49. The summed E-state index contributed by atoms with van der Waals surface area (Å²) in [5, 5.41) is 0.111. The van der Waals surface area contributed by atoms with Crippen LogP contribution in [0, 0.1) is 0 Å². The number of halogens is 2. The summed E-state index contributed by atoms with van der Waals surface area (Å²) in [6.45, 7) is 0.316. The summed E-state index contributed by atoms with van der Waals surface area (Å²) in [6.07, 6.45) is 0. The fraction of sp³-hybridized carbons (Fsp3) is 0.250. The van der Waals surface area contributed by atoms with Crippen LogP contribution in [-0.4, -0.2) is 15.5 Å². The van der Waals surface area contributed by atoms with Crippen LogP contribution in [0.15, 0.2) is 23.1 Å². The SMILES string of the molecule is COCc1ccc(Cl)c(S(=O)(=O)Cl)c1. The van der Waals surface area contributed by atoms with Gasteiger partial charge in [-0.1, -0.05) is 17.7 Å². The van der Waals surface area contributed by atoms with Gasteiger partial charge in [0.25, 0.3) is 9.05 Å². The van der Waals surface area contributed by atoms with E-state index >= 15 is 0 Å². The summed E-state index contributed by atoms with van der Waals surface area (Å²) in [7, 11) is 2.91. The molecule has 0 amide bonds. The van der Waals surface area contributed by atoms with E-state index in [1.54, 1.807) is 6.07 Å². The van der Waals surface area contributed by atoms with Crippen LogP contribution in [0.4, 0.5) is 0 Å². The van der Waals surface area contributed by atoms with Crippen LogP contribution in [0.1, 0.15) is 5.56 Å². The quantitative estimate of drug-likeness (QED) is 0.779. The van der Waals surface area contributed by atoms with E-state index in [1.165, 1.54) is 19.2 Å². The van der Waals surface area contributed by atoms with Crippen LogP contribution in [0.5, 0.6) is 0 Å². The Bertz CT molecular complexity index is 428. The molecule has 78 valence electrons. The van der Waals surface area contributed by atoms with Gasteiger partial charge in [0.1, 0.15) is 4.90 Å². The van der Waals surface area contributed by atoms with Gasteiger partial charge in [-0.05, 0) is 17.7 Å². The van der Waals surface area contributed by atoms with Crippen LogP contribution < -0.4 is 0 Å². The molecule has 0 unspecified atom stereocenters. The minimum Gasteiger partial charge on any atom is -0.380 e. The predicted octanol–water partition coefficient (Wildman–Crippen LogP) is 2.41. The summed E-state index contributed by atoms with van der Waals surface area (Å²) >= 11 is 5.68. The number of hydrogen-bond donors (Lipinski definition) is 0. The molecule has 0 aliphatic heterocycles. The van der Waals surface area contributed by atoms with Gasteiger partial charge in [0, 0.05) is 17.8 Å². The first kappa shape index (κ1) is 11.8. The highest BCUT2D eigenvalue weighted by Crippen LogP contribution is 2.25. The van der Waals surface area contributed by atoms with Crippen molar-refractivity contribution in [3.05, 3.63) is 28.8 Å². The van der Waals surface area contributed by atoms with E-state index in [2.05, 4.69) is 0 Å². The molecule has 0 fully saturated rings. The van der Waals surface area contributed by atoms with Gasteiger partial charge < -0.3 is 4.74 Å². The van der Waals surface area contributed by atoms with Crippen molar-refractivity contribution in [1.29, 1.82) is 0 Å². The van der Waals surface area contributed by atoms with Gasteiger partial charge in [-0.2, -0.15) is 0 Å². The molecule has 6 heteroatoms. The van der Waals surface area contributed by atoms with Gasteiger partial charge >= 0.3 is 0 Å². The molecule has 3 nitrogen and oxygen atoms in total. The van der Waals surface area contributed by atoms with E-state index < -0.39 is 9.05 Å². The first-order chi connectivity index (χ1) is 6.45. The molecule has 0 spiro atoms. The van der Waals surface area contributed by atoms with E-state index in [0.717, 1.165) is 0 Å². The Balaban J connectivity index is 3.22. The van der Waals surface area contributed by atoms with E-state index in [-0.39, 0.29) is 9.92 Å². The van der Waals surface area contributed by atoms with Crippen molar-refractivity contribution in [2.45, 2.75) is 11.5 Å². The molecule has 1 aromatic carbocycles. The zero-order chi connectivity index (χ0) is 10.8. The molecule has 0 saturated carbocycles. The van der Waals surface area contributed by atoms with E-state index in [9.17, 15) is 8.42 Å². The Morgan fingerprint density at radius 3 is 2.57 bits per heavy atom. The highest BCUT2D eigenvalue weighted by Gasteiger charge is 2.14. The average Bonchev–Trinajstić information content (AvgIpc) is 2.07. The largest absolute Gasteiger partial charge is 0.380 e. The molecule has 0 aliphatic rings. The fourth-order valence-electron chi connectivity index (χ4n) is 0.991. The number of rotatable bonds is 3. The van der Waals surface area contributed by atoms with Crippen LogP contribution in [0.3, 0.4) is 0 Å². The van der Waals surface area contributed by atoms with Crippen LogP contribution >= 0.6 is 22.3 Å². The molecule has 0 aromatic heterocycles. The average molecular weight is 255 g/mol. The number of benzene rings is 1. The molecule has 14 heavy (non-hydrogen) atoms. The highest BCUT2D eigenvalue weighted by atomic mass is 35.7. The summed E-state index contributed by atoms with van der Waals surface area (Å²) < 4.78 is 27.0. The normalized spacial score (nSPS) is 11.6. The Kier molecular flexibility index (Phi) is 3.78. The first-order valence-electron chi connectivity index (χ1n) is 3.67. The second-order valence-corrected chi connectivity index (χ2v) is 5.58. The molecule has 1 aromatic rings. The van der Waals surface area contributed by atoms with Crippen molar-refractivity contribution in [2.75, 3.05) is 7.11 Å². The lowest BCUT2D eigenvalue weighted by Crippen LogP contribution is -1.95. The van der Waals surface area contributed by atoms with Crippen molar-refractivity contribution in [3.8, 4) is 0 Å². The van der Waals surface area contributed by atoms with Crippen molar-refractivity contribution in [1.82, 2.24) is 0 Å². The molecule has 0 radical (unpaired) electrons. The van der Waals surface area contributed by atoms with Gasteiger partial charge in [-0.3, -0.25) is 0 Å². The minimum absolute atomic E-state index is 0.0876. The maximum absolute atomic E-state index is 11.1. The Morgan fingerprint density at radius 2 is 2.07 bits per heavy atom. The molecule has 0 aliphatic carbocycles. The standard InChI is InChI=1S/C8H8Cl2O3S/c1-13-5-6-2-3-7(9)8(4-6)14(10,11)12/h2-4H,5H2,1H3. The van der Waals surface area contributed by atoms with Crippen LogP contribution in [0.25, 0.3) is 0 Å². The van der Waals surface area contributed by atoms with Gasteiger partial charge in [0.2, 0.25) is 0 Å². The van der Waals surface area contributed by atoms with Crippen LogP contribution in [-0.2, 0) is 20.4 Å². The molecular weight excluding hydrogens is 247 g/mol. The van der Waals surface area contributed by atoms with E-state index in [0.29, 0.717) is 12.2 Å². The topological polar surface area (TPSA) is 43.4 Å². The molecule has 0 bridgehead atoms. The lowest BCUT2D eigenvalue weighted by Gasteiger charge is -2.03. The van der Waals surface area contributed by atoms with Gasteiger partial charge in [0.05, 0.1) is 11.6 Å². The van der Waals surface area contributed by atoms with Gasteiger partial charge in [0.15, 0.2) is 0 Å². The van der Waals surface area contributed by atoms with Crippen molar-refractivity contribution in [3.63, 3.8) is 0 Å². The predicted molar refractivity (Wildman–Crippen MR) is 55.2 cm³/mol. The summed E-state index contributed by atoms with van der Waals surface area (Å²) in [6, 6.07) is 4.55.